The molecule has 1 aliphatic heterocycles. The van der Waals surface area contributed by atoms with Gasteiger partial charge in [0.25, 0.3) is 0 Å². The fourth-order valence-corrected chi connectivity index (χ4v) is 2.05. The van der Waals surface area contributed by atoms with Gasteiger partial charge in [-0.05, 0) is 20.8 Å². The summed E-state index contributed by atoms with van der Waals surface area (Å²) in [6.07, 6.45) is 0.517. The average molecular weight is 237 g/mol. The maximum atomic E-state index is 10.3. The highest BCUT2D eigenvalue weighted by Gasteiger charge is 2.39. The number of hydrogen-bond donors (Lipinski definition) is 2. The Hall–Kier alpha value is -1.20. The number of aromatic nitrogens is 2. The van der Waals surface area contributed by atoms with Crippen LogP contribution in [-0.4, -0.2) is 39.9 Å². The summed E-state index contributed by atoms with van der Waals surface area (Å²) in [5, 5.41) is 13.5. The molecule has 0 spiro atoms. The van der Waals surface area contributed by atoms with Crippen LogP contribution in [-0.2, 0) is 4.74 Å². The van der Waals surface area contributed by atoms with Gasteiger partial charge in [0, 0.05) is 31.3 Å². The van der Waals surface area contributed by atoms with Gasteiger partial charge in [-0.15, -0.1) is 0 Å². The third-order valence-corrected chi connectivity index (χ3v) is 3.20. The van der Waals surface area contributed by atoms with Crippen LogP contribution < -0.4 is 5.32 Å². The minimum Gasteiger partial charge on any atom is -0.385 e. The van der Waals surface area contributed by atoms with E-state index in [1.165, 1.54) is 0 Å². The topological polar surface area (TPSA) is 67.3 Å². The van der Waals surface area contributed by atoms with E-state index in [2.05, 4.69) is 15.3 Å². The SMILES string of the molecule is Cc1cc(NCC2(O)CCOC2C)nc(C)n1. The molecule has 0 radical (unpaired) electrons. The first-order valence-electron chi connectivity index (χ1n) is 5.90. The van der Waals surface area contributed by atoms with E-state index < -0.39 is 5.60 Å². The molecule has 1 saturated heterocycles. The van der Waals surface area contributed by atoms with Crippen molar-refractivity contribution < 1.29 is 9.84 Å². The van der Waals surface area contributed by atoms with Gasteiger partial charge in [-0.3, -0.25) is 0 Å². The Balaban J connectivity index is 2.02. The summed E-state index contributed by atoms with van der Waals surface area (Å²) in [6, 6.07) is 1.87. The van der Waals surface area contributed by atoms with Crippen LogP contribution >= 0.6 is 0 Å². The molecule has 1 aromatic rings. The molecule has 2 rings (SSSR count). The summed E-state index contributed by atoms with van der Waals surface area (Å²) in [5.41, 5.74) is 0.120. The number of nitrogens with one attached hydrogen (secondary N) is 1. The summed E-state index contributed by atoms with van der Waals surface area (Å²) in [7, 11) is 0. The molecule has 0 amide bonds. The third-order valence-electron chi connectivity index (χ3n) is 3.20. The van der Waals surface area contributed by atoms with Crippen LogP contribution in [0.5, 0.6) is 0 Å². The van der Waals surface area contributed by atoms with Crippen molar-refractivity contribution in [2.75, 3.05) is 18.5 Å². The molecule has 1 aliphatic rings. The van der Waals surface area contributed by atoms with E-state index in [0.717, 1.165) is 17.3 Å². The summed E-state index contributed by atoms with van der Waals surface area (Å²) in [6.45, 7) is 6.74. The van der Waals surface area contributed by atoms with Crippen LogP contribution in [0.4, 0.5) is 5.82 Å². The van der Waals surface area contributed by atoms with Crippen molar-refractivity contribution in [3.05, 3.63) is 17.6 Å². The predicted octanol–water partition coefficient (Wildman–Crippen LogP) is 1.05. The lowest BCUT2D eigenvalue weighted by molar-refractivity contribution is -0.0176. The van der Waals surface area contributed by atoms with Gasteiger partial charge in [-0.25, -0.2) is 9.97 Å². The van der Waals surface area contributed by atoms with Gasteiger partial charge < -0.3 is 15.2 Å². The van der Waals surface area contributed by atoms with Gasteiger partial charge in [-0.1, -0.05) is 0 Å². The Morgan fingerprint density at radius 2 is 2.29 bits per heavy atom. The van der Waals surface area contributed by atoms with Crippen molar-refractivity contribution in [1.29, 1.82) is 0 Å². The number of hydrogen-bond acceptors (Lipinski definition) is 5. The molecule has 2 N–H and O–H groups in total. The lowest BCUT2D eigenvalue weighted by Gasteiger charge is -2.26. The molecule has 0 bridgehead atoms. The zero-order valence-electron chi connectivity index (χ0n) is 10.5. The number of anilines is 1. The van der Waals surface area contributed by atoms with Crippen molar-refractivity contribution in [1.82, 2.24) is 9.97 Å². The van der Waals surface area contributed by atoms with Crippen molar-refractivity contribution >= 4 is 5.82 Å². The first-order valence-corrected chi connectivity index (χ1v) is 5.90. The van der Waals surface area contributed by atoms with Crippen LogP contribution in [0.1, 0.15) is 24.9 Å². The fourth-order valence-electron chi connectivity index (χ4n) is 2.05. The van der Waals surface area contributed by atoms with Gasteiger partial charge in [0.15, 0.2) is 0 Å². The highest BCUT2D eigenvalue weighted by molar-refractivity contribution is 5.36. The maximum absolute atomic E-state index is 10.3. The van der Waals surface area contributed by atoms with Gasteiger partial charge >= 0.3 is 0 Å². The highest BCUT2D eigenvalue weighted by atomic mass is 16.5. The Morgan fingerprint density at radius 3 is 2.88 bits per heavy atom. The van der Waals surface area contributed by atoms with Crippen LogP contribution in [0.2, 0.25) is 0 Å². The van der Waals surface area contributed by atoms with Gasteiger partial charge in [0.1, 0.15) is 17.2 Å². The van der Waals surface area contributed by atoms with Crippen LogP contribution in [0.25, 0.3) is 0 Å². The largest absolute Gasteiger partial charge is 0.385 e. The van der Waals surface area contributed by atoms with Gasteiger partial charge in [0.05, 0.1) is 6.10 Å². The minimum atomic E-state index is -0.799. The van der Waals surface area contributed by atoms with E-state index in [4.69, 9.17) is 4.74 Å². The number of rotatable bonds is 3. The molecular weight excluding hydrogens is 218 g/mol. The standard InChI is InChI=1S/C12H19N3O2/c1-8-6-11(15-10(3)14-8)13-7-12(16)4-5-17-9(12)2/h6,9,16H,4-5,7H2,1-3H3,(H,13,14,15). The molecule has 0 aromatic carbocycles. The minimum absolute atomic E-state index is 0.140. The second-order valence-corrected chi connectivity index (χ2v) is 4.66. The molecule has 5 heteroatoms. The maximum Gasteiger partial charge on any atom is 0.130 e. The predicted molar refractivity (Wildman–Crippen MR) is 65.0 cm³/mol. The summed E-state index contributed by atoms with van der Waals surface area (Å²) < 4.78 is 5.38. The van der Waals surface area contributed by atoms with E-state index in [9.17, 15) is 5.11 Å². The van der Waals surface area contributed by atoms with E-state index in [1.807, 2.05) is 26.8 Å². The van der Waals surface area contributed by atoms with Crippen LogP contribution in [0, 0.1) is 13.8 Å². The molecule has 2 heterocycles. The van der Waals surface area contributed by atoms with Crippen molar-refractivity contribution in [2.45, 2.75) is 38.9 Å². The molecule has 1 aromatic heterocycles. The van der Waals surface area contributed by atoms with Crippen molar-refractivity contribution in [2.24, 2.45) is 0 Å². The summed E-state index contributed by atoms with van der Waals surface area (Å²) in [4.78, 5) is 8.48. The second-order valence-electron chi connectivity index (χ2n) is 4.66. The quantitative estimate of drug-likeness (QED) is 0.822. The Bertz CT molecular complexity index is 390. The first kappa shape index (κ1) is 12.3. The summed E-state index contributed by atoms with van der Waals surface area (Å²) in [5.74, 6) is 1.48. The van der Waals surface area contributed by atoms with Crippen molar-refractivity contribution in [3.8, 4) is 0 Å². The fraction of sp³-hybridized carbons (Fsp3) is 0.667. The average Bonchev–Trinajstić information content (AvgIpc) is 2.56. The second kappa shape index (κ2) is 4.58. The van der Waals surface area contributed by atoms with Gasteiger partial charge in [-0.2, -0.15) is 0 Å². The Kier molecular flexibility index (Phi) is 3.31. The molecule has 94 valence electrons. The van der Waals surface area contributed by atoms with E-state index in [0.29, 0.717) is 19.6 Å². The molecule has 17 heavy (non-hydrogen) atoms. The van der Waals surface area contributed by atoms with E-state index in [-0.39, 0.29) is 6.10 Å². The highest BCUT2D eigenvalue weighted by Crippen LogP contribution is 2.25. The lowest BCUT2D eigenvalue weighted by atomic mass is 9.97. The number of aliphatic hydroxyl groups is 1. The number of nitrogens with zero attached hydrogens (tertiary/aromatic N) is 2. The zero-order chi connectivity index (χ0) is 12.5. The van der Waals surface area contributed by atoms with Crippen LogP contribution in [0.3, 0.4) is 0 Å². The third kappa shape index (κ3) is 2.73. The monoisotopic (exact) mass is 237 g/mol. The van der Waals surface area contributed by atoms with Crippen LogP contribution in [0.15, 0.2) is 6.07 Å². The molecule has 0 aliphatic carbocycles. The van der Waals surface area contributed by atoms with Crippen molar-refractivity contribution in [3.63, 3.8) is 0 Å². The molecular formula is C12H19N3O2. The Labute approximate surface area is 101 Å². The molecule has 5 nitrogen and oxygen atoms in total. The molecule has 0 saturated carbocycles. The normalized spacial score (nSPS) is 28.4. The zero-order valence-corrected chi connectivity index (χ0v) is 10.5. The molecule has 2 atom stereocenters. The smallest absolute Gasteiger partial charge is 0.130 e. The van der Waals surface area contributed by atoms with E-state index >= 15 is 0 Å². The molecule has 1 fully saturated rings. The first-order chi connectivity index (χ1) is 7.99. The summed E-state index contributed by atoms with van der Waals surface area (Å²) >= 11 is 0. The Morgan fingerprint density at radius 1 is 1.53 bits per heavy atom. The van der Waals surface area contributed by atoms with Gasteiger partial charge in [0.2, 0.25) is 0 Å². The molecule has 2 unspecified atom stereocenters. The number of aryl methyl sites for hydroxylation is 2. The van der Waals surface area contributed by atoms with E-state index in [1.54, 1.807) is 0 Å². The lowest BCUT2D eigenvalue weighted by Crippen LogP contribution is -2.43. The number of ether oxygens (including phenoxy) is 1.